The van der Waals surface area contributed by atoms with Crippen LogP contribution in [0.2, 0.25) is 0 Å². The molecule has 2 N–H and O–H groups in total. The van der Waals surface area contributed by atoms with E-state index >= 15 is 0 Å². The Bertz CT molecular complexity index is 1060. The summed E-state index contributed by atoms with van der Waals surface area (Å²) in [4.78, 5) is 16.1. The van der Waals surface area contributed by atoms with Crippen molar-refractivity contribution < 1.29 is 17.6 Å². The number of aryl methyl sites for hydroxylation is 1. The molecule has 1 aromatic carbocycles. The molecule has 142 valence electrons. The van der Waals surface area contributed by atoms with Crippen LogP contribution in [0.4, 0.5) is 5.13 Å². The molecule has 1 atom stereocenters. The number of amides is 1. The highest BCUT2D eigenvalue weighted by atomic mass is 32.2. The molecule has 2 heterocycles. The smallest absolute Gasteiger partial charge is 0.274 e. The number of thiazole rings is 1. The van der Waals surface area contributed by atoms with Crippen LogP contribution in [0.1, 0.15) is 31.1 Å². The second kappa shape index (κ2) is 7.63. The van der Waals surface area contributed by atoms with Crippen molar-refractivity contribution in [3.63, 3.8) is 0 Å². The molecule has 0 unspecified atom stereocenters. The van der Waals surface area contributed by atoms with Crippen molar-refractivity contribution in [3.05, 3.63) is 53.7 Å². The lowest BCUT2D eigenvalue weighted by molar-refractivity contribution is -0.114. The standard InChI is InChI=1S/C18H19N3O4S2/c1-11(14-7-5-4-6-8-14)21-27(23,24)16-10-9-15(25-16)17-12(2)19-18(26-17)20-13(3)22/h4-11,21H,1-3H3,(H,19,20,22)/t11-/m0/s1. The minimum absolute atomic E-state index is 0.172. The van der Waals surface area contributed by atoms with Gasteiger partial charge in [-0.3, -0.25) is 4.79 Å². The maximum absolute atomic E-state index is 12.6. The quantitative estimate of drug-likeness (QED) is 0.651. The first-order valence-electron chi connectivity index (χ1n) is 8.19. The van der Waals surface area contributed by atoms with Crippen molar-refractivity contribution in [1.29, 1.82) is 0 Å². The molecule has 1 amide bonds. The first kappa shape index (κ1) is 19.3. The monoisotopic (exact) mass is 405 g/mol. The zero-order valence-electron chi connectivity index (χ0n) is 15.0. The molecule has 0 saturated carbocycles. The number of benzene rings is 1. The molecule has 0 saturated heterocycles. The number of rotatable bonds is 6. The normalized spacial score (nSPS) is 12.7. The van der Waals surface area contributed by atoms with Crippen LogP contribution in [0.5, 0.6) is 0 Å². The van der Waals surface area contributed by atoms with Crippen molar-refractivity contribution in [2.24, 2.45) is 0 Å². The number of sulfonamides is 1. The third-order valence-corrected chi connectivity index (χ3v) is 6.28. The molecule has 0 radical (unpaired) electrons. The van der Waals surface area contributed by atoms with E-state index in [4.69, 9.17) is 4.42 Å². The Morgan fingerprint density at radius 2 is 1.89 bits per heavy atom. The highest BCUT2D eigenvalue weighted by Gasteiger charge is 2.23. The lowest BCUT2D eigenvalue weighted by atomic mass is 10.1. The van der Waals surface area contributed by atoms with Crippen LogP contribution < -0.4 is 10.0 Å². The summed E-state index contributed by atoms with van der Waals surface area (Å²) in [6.07, 6.45) is 0. The molecule has 7 nitrogen and oxygen atoms in total. The van der Waals surface area contributed by atoms with Gasteiger partial charge in [0.05, 0.1) is 10.6 Å². The zero-order chi connectivity index (χ0) is 19.6. The molecular formula is C18H19N3O4S2. The molecule has 0 spiro atoms. The first-order chi connectivity index (χ1) is 12.8. The second-order valence-corrected chi connectivity index (χ2v) is 8.63. The van der Waals surface area contributed by atoms with Gasteiger partial charge < -0.3 is 9.73 Å². The first-order valence-corrected chi connectivity index (χ1v) is 10.5. The second-order valence-electron chi connectivity index (χ2n) is 5.99. The van der Waals surface area contributed by atoms with Crippen LogP contribution in [-0.2, 0) is 14.8 Å². The minimum Gasteiger partial charge on any atom is -0.442 e. The van der Waals surface area contributed by atoms with E-state index in [-0.39, 0.29) is 11.0 Å². The van der Waals surface area contributed by atoms with Crippen molar-refractivity contribution in [2.45, 2.75) is 31.9 Å². The van der Waals surface area contributed by atoms with Gasteiger partial charge in [0.15, 0.2) is 5.13 Å². The number of hydrogen-bond donors (Lipinski definition) is 2. The van der Waals surface area contributed by atoms with E-state index in [1.165, 1.54) is 24.3 Å². The molecule has 3 rings (SSSR count). The largest absolute Gasteiger partial charge is 0.442 e. The van der Waals surface area contributed by atoms with E-state index in [0.29, 0.717) is 21.5 Å². The van der Waals surface area contributed by atoms with Gasteiger partial charge in [0.1, 0.15) is 5.76 Å². The summed E-state index contributed by atoms with van der Waals surface area (Å²) in [5.74, 6) is 0.159. The Morgan fingerprint density at radius 1 is 1.19 bits per heavy atom. The number of furan rings is 1. The fraction of sp³-hybridized carbons (Fsp3) is 0.222. The van der Waals surface area contributed by atoms with Crippen LogP contribution in [0, 0.1) is 6.92 Å². The Hall–Kier alpha value is -2.49. The summed E-state index contributed by atoms with van der Waals surface area (Å²) in [6, 6.07) is 11.9. The van der Waals surface area contributed by atoms with Gasteiger partial charge in [-0.2, -0.15) is 0 Å². The maximum atomic E-state index is 12.6. The van der Waals surface area contributed by atoms with Gasteiger partial charge in [0.25, 0.3) is 10.0 Å². The van der Waals surface area contributed by atoms with Gasteiger partial charge in [-0.15, -0.1) is 0 Å². The lowest BCUT2D eigenvalue weighted by Gasteiger charge is -2.13. The van der Waals surface area contributed by atoms with Gasteiger partial charge in [-0.1, -0.05) is 41.7 Å². The number of hydrogen-bond acceptors (Lipinski definition) is 6. The molecule has 2 aromatic heterocycles. The van der Waals surface area contributed by atoms with Gasteiger partial charge in [-0.25, -0.2) is 18.1 Å². The van der Waals surface area contributed by atoms with E-state index in [0.717, 1.165) is 5.56 Å². The van der Waals surface area contributed by atoms with E-state index in [1.54, 1.807) is 19.9 Å². The number of aromatic nitrogens is 1. The molecule has 9 heteroatoms. The number of carbonyl (C=O) groups excluding carboxylic acids is 1. The average molecular weight is 406 g/mol. The van der Waals surface area contributed by atoms with E-state index < -0.39 is 16.1 Å². The number of nitrogens with zero attached hydrogens (tertiary/aromatic N) is 1. The Morgan fingerprint density at radius 3 is 2.56 bits per heavy atom. The van der Waals surface area contributed by atoms with Crippen molar-refractivity contribution in [2.75, 3.05) is 5.32 Å². The zero-order valence-corrected chi connectivity index (χ0v) is 16.6. The van der Waals surface area contributed by atoms with Crippen molar-refractivity contribution >= 4 is 32.4 Å². The van der Waals surface area contributed by atoms with Crippen LogP contribution in [-0.4, -0.2) is 19.3 Å². The third-order valence-electron chi connectivity index (χ3n) is 3.78. The molecule has 3 aromatic rings. The van der Waals surface area contributed by atoms with E-state index in [2.05, 4.69) is 15.0 Å². The summed E-state index contributed by atoms with van der Waals surface area (Å²) in [7, 11) is -3.82. The molecule has 0 aliphatic heterocycles. The maximum Gasteiger partial charge on any atom is 0.274 e. The Kier molecular flexibility index (Phi) is 5.45. The molecule has 0 aliphatic rings. The Labute approximate surface area is 161 Å². The average Bonchev–Trinajstić information content (AvgIpc) is 3.22. The van der Waals surface area contributed by atoms with Crippen molar-refractivity contribution in [3.8, 4) is 10.6 Å². The van der Waals surface area contributed by atoms with E-state index in [1.807, 2.05) is 30.3 Å². The highest BCUT2D eigenvalue weighted by Crippen LogP contribution is 2.34. The summed E-state index contributed by atoms with van der Waals surface area (Å²) in [5.41, 5.74) is 1.50. The summed E-state index contributed by atoms with van der Waals surface area (Å²) in [6.45, 7) is 4.93. The van der Waals surface area contributed by atoms with Crippen LogP contribution in [0.15, 0.2) is 52.0 Å². The fourth-order valence-corrected chi connectivity index (χ4v) is 4.65. The van der Waals surface area contributed by atoms with Crippen molar-refractivity contribution in [1.82, 2.24) is 9.71 Å². The molecule has 0 aliphatic carbocycles. The summed E-state index contributed by atoms with van der Waals surface area (Å²) in [5, 5.41) is 2.88. The van der Waals surface area contributed by atoms with Gasteiger partial charge in [-0.05, 0) is 31.5 Å². The van der Waals surface area contributed by atoms with Gasteiger partial charge in [0.2, 0.25) is 11.0 Å². The fourth-order valence-electron chi connectivity index (χ4n) is 2.52. The molecular weight excluding hydrogens is 386 g/mol. The lowest BCUT2D eigenvalue weighted by Crippen LogP contribution is -2.26. The highest BCUT2D eigenvalue weighted by molar-refractivity contribution is 7.89. The topological polar surface area (TPSA) is 101 Å². The minimum atomic E-state index is -3.82. The SMILES string of the molecule is CC(=O)Nc1nc(C)c(-c2ccc(S(=O)(=O)N[C@@H](C)c3ccccc3)o2)s1. The molecule has 0 bridgehead atoms. The predicted octanol–water partition coefficient (Wildman–Crippen LogP) is 3.71. The predicted molar refractivity (Wildman–Crippen MR) is 104 cm³/mol. The van der Waals surface area contributed by atoms with Gasteiger partial charge >= 0.3 is 0 Å². The third kappa shape index (κ3) is 4.44. The molecule has 0 fully saturated rings. The van der Waals surface area contributed by atoms with Gasteiger partial charge in [0, 0.05) is 13.0 Å². The van der Waals surface area contributed by atoms with Crippen LogP contribution >= 0.6 is 11.3 Å². The molecule has 27 heavy (non-hydrogen) atoms. The number of nitrogens with one attached hydrogen (secondary N) is 2. The number of anilines is 1. The van der Waals surface area contributed by atoms with E-state index in [9.17, 15) is 13.2 Å². The van der Waals surface area contributed by atoms with Crippen LogP contribution in [0.25, 0.3) is 10.6 Å². The summed E-state index contributed by atoms with van der Waals surface area (Å²) >= 11 is 1.22. The van der Waals surface area contributed by atoms with Crippen LogP contribution in [0.3, 0.4) is 0 Å². The summed E-state index contributed by atoms with van der Waals surface area (Å²) < 4.78 is 33.4. The number of carbonyl (C=O) groups is 1. The Balaban J connectivity index is 1.82.